The van der Waals surface area contributed by atoms with Crippen LogP contribution in [0.4, 0.5) is 5.82 Å². The number of nitrogens with zero attached hydrogens (tertiary/aromatic N) is 6. The Morgan fingerprint density at radius 3 is 2.67 bits per heavy atom. The van der Waals surface area contributed by atoms with Crippen LogP contribution in [0.3, 0.4) is 0 Å². The molecule has 0 fully saturated rings. The summed E-state index contributed by atoms with van der Waals surface area (Å²) < 4.78 is 7.75. The van der Waals surface area contributed by atoms with Gasteiger partial charge in [-0.2, -0.15) is 5.10 Å². The van der Waals surface area contributed by atoms with E-state index in [0.717, 1.165) is 33.3 Å². The second kappa shape index (κ2) is 8.67. The first-order valence-electron chi connectivity index (χ1n) is 10.3. The monoisotopic (exact) mass is 464 g/mol. The number of pyridine rings is 1. The topological polar surface area (TPSA) is 130 Å². The van der Waals surface area contributed by atoms with E-state index >= 15 is 0 Å². The number of hydrogen-bond acceptors (Lipinski definition) is 7. The molecule has 1 aromatic carbocycles. The molecular weight excluding hydrogens is 440 g/mol. The maximum absolute atomic E-state index is 6.71. The van der Waals surface area contributed by atoms with E-state index in [0.29, 0.717) is 33.8 Å². The zero-order valence-electron chi connectivity index (χ0n) is 19.1. The fourth-order valence-corrected chi connectivity index (χ4v) is 4.25. The van der Waals surface area contributed by atoms with Crippen molar-refractivity contribution in [2.45, 2.75) is 26.8 Å². The molecule has 4 aromatic rings. The van der Waals surface area contributed by atoms with Gasteiger partial charge in [0.25, 0.3) is 0 Å². The molecule has 170 valence electrons. The Morgan fingerprint density at radius 1 is 1.21 bits per heavy atom. The Morgan fingerprint density at radius 2 is 1.97 bits per heavy atom. The summed E-state index contributed by atoms with van der Waals surface area (Å²) in [6, 6.07) is 5.41. The van der Waals surface area contributed by atoms with Crippen molar-refractivity contribution in [2.75, 3.05) is 19.9 Å². The zero-order valence-corrected chi connectivity index (χ0v) is 19.8. The molecule has 0 saturated heterocycles. The van der Waals surface area contributed by atoms with E-state index < -0.39 is 0 Å². The number of halogens is 1. The molecule has 0 aliphatic heterocycles. The van der Waals surface area contributed by atoms with E-state index in [-0.39, 0.29) is 6.04 Å². The first-order valence-corrected chi connectivity index (χ1v) is 10.7. The van der Waals surface area contributed by atoms with Crippen LogP contribution in [0.1, 0.15) is 35.5 Å². The fourth-order valence-electron chi connectivity index (χ4n) is 4.03. The van der Waals surface area contributed by atoms with Crippen molar-refractivity contribution in [2.24, 2.45) is 10.7 Å². The molecule has 0 amide bonds. The fraction of sp³-hybridized carbons (Fsp3) is 0.261. The first-order chi connectivity index (χ1) is 15.8. The number of anilines is 1. The molecular formula is C23H25ClN8O. The van der Waals surface area contributed by atoms with Gasteiger partial charge in [-0.25, -0.2) is 14.6 Å². The summed E-state index contributed by atoms with van der Waals surface area (Å²) in [5.41, 5.74) is 17.5. The van der Waals surface area contributed by atoms with Gasteiger partial charge in [0.1, 0.15) is 29.4 Å². The maximum Gasteiger partial charge on any atom is 0.164 e. The SMILES string of the molecule is CN=C(N)c1cc(-c2c(C)c(Cl)cc(C(C)n3nc(C)c4c(N)ncnc43)c2OC)ccn1. The van der Waals surface area contributed by atoms with Gasteiger partial charge in [-0.15, -0.1) is 0 Å². The van der Waals surface area contributed by atoms with Gasteiger partial charge >= 0.3 is 0 Å². The summed E-state index contributed by atoms with van der Waals surface area (Å²) in [6.45, 7) is 5.85. The predicted octanol–water partition coefficient (Wildman–Crippen LogP) is 3.69. The highest BCUT2D eigenvalue weighted by molar-refractivity contribution is 6.32. The highest BCUT2D eigenvalue weighted by Crippen LogP contribution is 2.43. The lowest BCUT2D eigenvalue weighted by Crippen LogP contribution is -2.15. The Hall–Kier alpha value is -3.72. The van der Waals surface area contributed by atoms with Crippen LogP contribution in [0.2, 0.25) is 5.02 Å². The van der Waals surface area contributed by atoms with Crippen molar-refractivity contribution in [3.63, 3.8) is 0 Å². The number of amidine groups is 1. The van der Waals surface area contributed by atoms with Crippen molar-refractivity contribution in [1.82, 2.24) is 24.7 Å². The van der Waals surface area contributed by atoms with E-state index in [4.69, 9.17) is 32.9 Å². The van der Waals surface area contributed by atoms with Gasteiger partial charge in [0.15, 0.2) is 5.65 Å². The number of nitrogens with two attached hydrogens (primary N) is 2. The second-order valence-corrected chi connectivity index (χ2v) is 8.09. The van der Waals surface area contributed by atoms with Crippen LogP contribution in [-0.2, 0) is 0 Å². The lowest BCUT2D eigenvalue weighted by molar-refractivity contribution is 0.402. The quantitative estimate of drug-likeness (QED) is 0.340. The van der Waals surface area contributed by atoms with Crippen LogP contribution in [0.15, 0.2) is 35.7 Å². The van der Waals surface area contributed by atoms with Crippen molar-refractivity contribution in [3.8, 4) is 16.9 Å². The third-order valence-corrected chi connectivity index (χ3v) is 6.16. The number of methoxy groups -OCH3 is 1. The molecule has 1 unspecified atom stereocenters. The van der Waals surface area contributed by atoms with Crippen LogP contribution in [0.25, 0.3) is 22.2 Å². The molecule has 0 saturated carbocycles. The standard InChI is InChI=1S/C23H25ClN8O/c1-11-16(24)9-15(13(3)32-23-19(12(2)31-32)22(26)29-10-30-23)20(33-5)18(11)14-6-7-28-17(8-14)21(25)27-4/h6-10,13H,1-5H3,(H2,25,27)(H2,26,29,30). The zero-order chi connectivity index (χ0) is 23.9. The number of fused-ring (bicyclic) bond motifs is 1. The molecule has 1 atom stereocenters. The Bertz CT molecular complexity index is 1400. The van der Waals surface area contributed by atoms with Gasteiger partial charge in [0.05, 0.1) is 24.2 Å². The van der Waals surface area contributed by atoms with Crippen LogP contribution < -0.4 is 16.2 Å². The second-order valence-electron chi connectivity index (χ2n) is 7.68. The predicted molar refractivity (Wildman–Crippen MR) is 131 cm³/mol. The average Bonchev–Trinajstić information content (AvgIpc) is 3.17. The summed E-state index contributed by atoms with van der Waals surface area (Å²) in [4.78, 5) is 16.9. The number of ether oxygens (including phenoxy) is 1. The summed E-state index contributed by atoms with van der Waals surface area (Å²) >= 11 is 6.71. The Kier molecular flexibility index (Phi) is 5.90. The Labute approximate surface area is 196 Å². The highest BCUT2D eigenvalue weighted by Gasteiger charge is 2.25. The van der Waals surface area contributed by atoms with Crippen molar-refractivity contribution < 1.29 is 4.74 Å². The third kappa shape index (κ3) is 3.74. The number of nitrogen functional groups attached to an aromatic ring is 1. The molecule has 0 spiro atoms. The number of rotatable bonds is 5. The molecule has 10 heteroatoms. The van der Waals surface area contributed by atoms with Crippen LogP contribution >= 0.6 is 11.6 Å². The van der Waals surface area contributed by atoms with Crippen molar-refractivity contribution in [3.05, 3.63) is 58.3 Å². The molecule has 3 heterocycles. The van der Waals surface area contributed by atoms with Crippen LogP contribution in [0.5, 0.6) is 5.75 Å². The van der Waals surface area contributed by atoms with E-state index in [1.54, 1.807) is 20.4 Å². The first kappa shape index (κ1) is 22.5. The van der Waals surface area contributed by atoms with Crippen molar-refractivity contribution >= 4 is 34.3 Å². The molecule has 0 radical (unpaired) electrons. The molecule has 4 N–H and O–H groups in total. The molecule has 4 rings (SSSR count). The van der Waals surface area contributed by atoms with Gasteiger partial charge < -0.3 is 16.2 Å². The maximum atomic E-state index is 6.71. The molecule has 3 aromatic heterocycles. The smallest absolute Gasteiger partial charge is 0.164 e. The van der Waals surface area contributed by atoms with Gasteiger partial charge in [-0.05, 0) is 50.1 Å². The average molecular weight is 465 g/mol. The molecule has 0 aliphatic rings. The number of aliphatic imine (C=N–C) groups is 1. The number of benzene rings is 1. The minimum Gasteiger partial charge on any atom is -0.496 e. The highest BCUT2D eigenvalue weighted by atomic mass is 35.5. The summed E-state index contributed by atoms with van der Waals surface area (Å²) in [5.74, 6) is 1.42. The van der Waals surface area contributed by atoms with Crippen molar-refractivity contribution in [1.29, 1.82) is 0 Å². The number of aryl methyl sites for hydroxylation is 1. The summed E-state index contributed by atoms with van der Waals surface area (Å²) in [6.07, 6.45) is 3.13. The summed E-state index contributed by atoms with van der Waals surface area (Å²) in [5, 5.41) is 6.03. The minimum atomic E-state index is -0.258. The Balaban J connectivity index is 1.95. The molecule has 33 heavy (non-hydrogen) atoms. The molecule has 0 aliphatic carbocycles. The van der Waals surface area contributed by atoms with E-state index in [1.807, 2.05) is 43.7 Å². The lowest BCUT2D eigenvalue weighted by Gasteiger charge is -2.22. The van der Waals surface area contributed by atoms with E-state index in [2.05, 4.69) is 19.9 Å². The van der Waals surface area contributed by atoms with E-state index in [1.165, 1.54) is 6.33 Å². The van der Waals surface area contributed by atoms with Gasteiger partial charge in [-0.1, -0.05) is 11.6 Å². The number of aromatic nitrogens is 5. The normalized spacial score (nSPS) is 12.8. The molecule has 0 bridgehead atoms. The third-order valence-electron chi connectivity index (χ3n) is 5.77. The van der Waals surface area contributed by atoms with Crippen LogP contribution in [-0.4, -0.2) is 44.7 Å². The minimum absolute atomic E-state index is 0.258. The largest absolute Gasteiger partial charge is 0.496 e. The van der Waals surface area contributed by atoms with Gasteiger partial charge in [0.2, 0.25) is 0 Å². The van der Waals surface area contributed by atoms with Gasteiger partial charge in [-0.3, -0.25) is 9.98 Å². The summed E-state index contributed by atoms with van der Waals surface area (Å²) in [7, 11) is 3.26. The molecule has 9 nitrogen and oxygen atoms in total. The number of hydrogen-bond donors (Lipinski definition) is 2. The lowest BCUT2D eigenvalue weighted by atomic mass is 9.94. The van der Waals surface area contributed by atoms with Gasteiger partial charge in [0, 0.05) is 29.4 Å². The van der Waals surface area contributed by atoms with E-state index in [9.17, 15) is 0 Å². The van der Waals surface area contributed by atoms with Crippen LogP contribution in [0, 0.1) is 13.8 Å².